The molecule has 1 fully saturated rings. The summed E-state index contributed by atoms with van der Waals surface area (Å²) in [6, 6.07) is -1.37. The van der Waals surface area contributed by atoms with Crippen LogP contribution >= 0.6 is 11.8 Å². The molecule has 0 spiro atoms. The molecule has 1 heterocycles. The van der Waals surface area contributed by atoms with Crippen LogP contribution in [0.1, 0.15) is 13.3 Å². The van der Waals surface area contributed by atoms with Crippen LogP contribution < -0.4 is 5.32 Å². The number of carbonyl (C=O) groups excluding carboxylic acids is 1. The van der Waals surface area contributed by atoms with Crippen LogP contribution in [0.4, 0.5) is 4.79 Å². The van der Waals surface area contributed by atoms with Crippen molar-refractivity contribution < 1.29 is 19.8 Å². The van der Waals surface area contributed by atoms with Gasteiger partial charge in [-0.2, -0.15) is 11.8 Å². The van der Waals surface area contributed by atoms with E-state index in [0.29, 0.717) is 0 Å². The Labute approximate surface area is 104 Å². The molecule has 6 nitrogen and oxygen atoms in total. The molecule has 0 bridgehead atoms. The summed E-state index contributed by atoms with van der Waals surface area (Å²) in [5.74, 6) is -0.311. The van der Waals surface area contributed by atoms with E-state index in [9.17, 15) is 14.7 Å². The first-order valence-corrected chi connectivity index (χ1v) is 6.82. The normalized spacial score (nSPS) is 25.7. The second kappa shape index (κ2) is 6.11. The van der Waals surface area contributed by atoms with Crippen LogP contribution in [0.15, 0.2) is 0 Å². The molecular weight excluding hydrogens is 244 g/mol. The maximum atomic E-state index is 11.8. The van der Waals surface area contributed by atoms with E-state index in [1.165, 1.54) is 4.90 Å². The molecule has 17 heavy (non-hydrogen) atoms. The number of aliphatic carboxylic acids is 1. The number of amides is 2. The Morgan fingerprint density at radius 3 is 2.76 bits per heavy atom. The molecule has 0 aliphatic carbocycles. The summed E-state index contributed by atoms with van der Waals surface area (Å²) in [4.78, 5) is 23.9. The smallest absolute Gasteiger partial charge is 0.326 e. The summed E-state index contributed by atoms with van der Waals surface area (Å²) in [7, 11) is 0. The van der Waals surface area contributed by atoms with Crippen molar-refractivity contribution in [3.63, 3.8) is 0 Å². The largest absolute Gasteiger partial charge is 0.480 e. The molecule has 3 atom stereocenters. The average Bonchev–Trinajstić information content (AvgIpc) is 2.60. The molecule has 0 aromatic carbocycles. The highest BCUT2D eigenvalue weighted by Gasteiger charge is 2.39. The molecular formula is C10H18N2O4S. The van der Waals surface area contributed by atoms with Gasteiger partial charge in [0.1, 0.15) is 6.04 Å². The topological polar surface area (TPSA) is 89.9 Å². The van der Waals surface area contributed by atoms with Gasteiger partial charge in [-0.3, -0.25) is 0 Å². The van der Waals surface area contributed by atoms with E-state index in [1.807, 2.05) is 13.2 Å². The fraction of sp³-hybridized carbons (Fsp3) is 0.800. The van der Waals surface area contributed by atoms with Crippen molar-refractivity contribution in [1.82, 2.24) is 10.2 Å². The number of aliphatic hydroxyl groups is 1. The summed E-state index contributed by atoms with van der Waals surface area (Å²) in [6.07, 6.45) is 1.28. The van der Waals surface area contributed by atoms with E-state index in [-0.39, 0.29) is 19.0 Å². The van der Waals surface area contributed by atoms with Gasteiger partial charge in [0.15, 0.2) is 0 Å². The van der Waals surface area contributed by atoms with Gasteiger partial charge in [0.25, 0.3) is 0 Å². The fourth-order valence-electron chi connectivity index (χ4n) is 1.86. The fourth-order valence-corrected chi connectivity index (χ4v) is 2.44. The van der Waals surface area contributed by atoms with Crippen LogP contribution in [0.3, 0.4) is 0 Å². The number of nitrogens with one attached hydrogen (secondary N) is 1. The number of hydrogen-bond donors (Lipinski definition) is 3. The van der Waals surface area contributed by atoms with Gasteiger partial charge in [0.05, 0.1) is 6.10 Å². The average molecular weight is 262 g/mol. The molecule has 1 aliphatic rings. The number of carboxylic acid groups (broad SMARTS) is 1. The number of nitrogens with zero attached hydrogens (tertiary/aromatic N) is 1. The number of aliphatic hydroxyl groups excluding tert-OH is 1. The summed E-state index contributed by atoms with van der Waals surface area (Å²) >= 11 is 1.60. The second-order valence-electron chi connectivity index (χ2n) is 4.20. The molecule has 3 N–H and O–H groups in total. The first-order valence-electron chi connectivity index (χ1n) is 5.42. The monoisotopic (exact) mass is 262 g/mol. The number of rotatable bonds is 4. The molecule has 98 valence electrons. The Hall–Kier alpha value is -0.950. The quantitative estimate of drug-likeness (QED) is 0.662. The number of carboxylic acids is 1. The van der Waals surface area contributed by atoms with Gasteiger partial charge in [0.2, 0.25) is 0 Å². The molecule has 2 amide bonds. The van der Waals surface area contributed by atoms with Crippen molar-refractivity contribution in [2.75, 3.05) is 18.6 Å². The zero-order valence-corrected chi connectivity index (χ0v) is 10.7. The number of hydrogen-bond acceptors (Lipinski definition) is 4. The van der Waals surface area contributed by atoms with Crippen molar-refractivity contribution in [1.29, 1.82) is 0 Å². The minimum atomic E-state index is -1.07. The third-order valence-electron chi connectivity index (χ3n) is 2.61. The van der Waals surface area contributed by atoms with Crippen LogP contribution in [-0.4, -0.2) is 63.9 Å². The highest BCUT2D eigenvalue weighted by molar-refractivity contribution is 7.98. The minimum Gasteiger partial charge on any atom is -0.480 e. The number of thioether (sulfide) groups is 1. The number of carbonyl (C=O) groups is 2. The molecule has 1 unspecified atom stereocenters. The standard InChI is InChI=1S/C10H18N2O4S/c1-6(5-17-2)11-10(16)12-4-7(13)3-8(12)9(14)15/h6-8,13H,3-5H2,1-2H3,(H,11,16)(H,14,15)/t6?,7-,8-/m0/s1. The Balaban J connectivity index is 2.58. The van der Waals surface area contributed by atoms with Gasteiger partial charge in [-0.1, -0.05) is 0 Å². The predicted octanol–water partition coefficient (Wildman–Crippen LogP) is -0.0327. The van der Waals surface area contributed by atoms with Crippen molar-refractivity contribution in [2.45, 2.75) is 31.5 Å². The maximum Gasteiger partial charge on any atom is 0.326 e. The van der Waals surface area contributed by atoms with Crippen molar-refractivity contribution in [2.24, 2.45) is 0 Å². The Bertz CT molecular complexity index is 300. The number of urea groups is 1. The third kappa shape index (κ3) is 3.78. The van der Waals surface area contributed by atoms with Crippen molar-refractivity contribution >= 4 is 23.8 Å². The third-order valence-corrected chi connectivity index (χ3v) is 3.44. The molecule has 1 aliphatic heterocycles. The SMILES string of the molecule is CSCC(C)NC(=O)N1C[C@@H](O)C[C@H]1C(=O)O. The molecule has 1 rings (SSSR count). The zero-order valence-electron chi connectivity index (χ0n) is 9.92. The van der Waals surface area contributed by atoms with E-state index >= 15 is 0 Å². The molecule has 1 saturated heterocycles. The molecule has 0 aromatic heterocycles. The zero-order chi connectivity index (χ0) is 13.0. The van der Waals surface area contributed by atoms with Crippen LogP contribution in [0, 0.1) is 0 Å². The first kappa shape index (κ1) is 14.1. The lowest BCUT2D eigenvalue weighted by molar-refractivity contribution is -0.141. The Morgan fingerprint density at radius 1 is 1.59 bits per heavy atom. The van der Waals surface area contributed by atoms with Crippen molar-refractivity contribution in [3.05, 3.63) is 0 Å². The lowest BCUT2D eigenvalue weighted by Gasteiger charge is -2.23. The van der Waals surface area contributed by atoms with E-state index in [4.69, 9.17) is 5.11 Å². The lowest BCUT2D eigenvalue weighted by Crippen LogP contribution is -2.49. The van der Waals surface area contributed by atoms with Gasteiger partial charge >= 0.3 is 12.0 Å². The maximum absolute atomic E-state index is 11.8. The molecule has 0 radical (unpaired) electrons. The van der Waals surface area contributed by atoms with Crippen LogP contribution in [0.25, 0.3) is 0 Å². The van der Waals surface area contributed by atoms with E-state index < -0.39 is 24.1 Å². The minimum absolute atomic E-state index is 0.0234. The van der Waals surface area contributed by atoms with Gasteiger partial charge in [-0.05, 0) is 13.2 Å². The van der Waals surface area contributed by atoms with Crippen LogP contribution in [0.2, 0.25) is 0 Å². The number of β-amino-alcohol motifs (C(OH)–C–C–N with tert-alkyl or cyclic N) is 1. The molecule has 0 saturated carbocycles. The van der Waals surface area contributed by atoms with Gasteiger partial charge in [-0.25, -0.2) is 9.59 Å². The summed E-state index contributed by atoms with van der Waals surface area (Å²) in [5.41, 5.74) is 0. The highest BCUT2D eigenvalue weighted by Crippen LogP contribution is 2.18. The van der Waals surface area contributed by atoms with Gasteiger partial charge in [0, 0.05) is 24.8 Å². The van der Waals surface area contributed by atoms with E-state index in [1.54, 1.807) is 11.8 Å². The number of likely N-dealkylation sites (tertiary alicyclic amines) is 1. The van der Waals surface area contributed by atoms with Crippen molar-refractivity contribution in [3.8, 4) is 0 Å². The first-order chi connectivity index (χ1) is 7.95. The van der Waals surface area contributed by atoms with E-state index in [0.717, 1.165) is 5.75 Å². The van der Waals surface area contributed by atoms with Crippen LogP contribution in [-0.2, 0) is 4.79 Å². The van der Waals surface area contributed by atoms with Gasteiger partial charge < -0.3 is 20.4 Å². The second-order valence-corrected chi connectivity index (χ2v) is 5.11. The summed E-state index contributed by atoms with van der Waals surface area (Å²) in [6.45, 7) is 1.94. The van der Waals surface area contributed by atoms with Gasteiger partial charge in [-0.15, -0.1) is 0 Å². The summed E-state index contributed by atoms with van der Waals surface area (Å²) in [5, 5.41) is 21.1. The lowest BCUT2D eigenvalue weighted by atomic mass is 10.2. The summed E-state index contributed by atoms with van der Waals surface area (Å²) < 4.78 is 0. The Kier molecular flexibility index (Phi) is 5.07. The predicted molar refractivity (Wildman–Crippen MR) is 65.1 cm³/mol. The highest BCUT2D eigenvalue weighted by atomic mass is 32.2. The van der Waals surface area contributed by atoms with Crippen LogP contribution in [0.5, 0.6) is 0 Å². The Morgan fingerprint density at radius 2 is 2.24 bits per heavy atom. The molecule has 7 heteroatoms. The van der Waals surface area contributed by atoms with E-state index in [2.05, 4.69) is 5.32 Å². The molecule has 0 aromatic rings.